The van der Waals surface area contributed by atoms with Gasteiger partial charge in [0.1, 0.15) is 0 Å². The van der Waals surface area contributed by atoms with Crippen LogP contribution in [-0.2, 0) is 4.79 Å². The molecule has 8 nitrogen and oxygen atoms in total. The van der Waals surface area contributed by atoms with E-state index in [2.05, 4.69) is 15.5 Å². The Balaban J connectivity index is 1.62. The average molecular weight is 439 g/mol. The van der Waals surface area contributed by atoms with Crippen molar-refractivity contribution in [1.29, 1.82) is 0 Å². The molecule has 1 heterocycles. The molecule has 0 saturated carbocycles. The second-order valence-corrected chi connectivity index (χ2v) is 7.36. The Hall–Kier alpha value is -2.62. The zero-order valence-electron chi connectivity index (χ0n) is 14.3. The molecule has 28 heavy (non-hydrogen) atoms. The summed E-state index contributed by atoms with van der Waals surface area (Å²) in [4.78, 5) is 22.6. The highest BCUT2D eigenvalue weighted by Gasteiger charge is 2.15. The maximum Gasteiger partial charge on any atom is 0.277 e. The van der Waals surface area contributed by atoms with Crippen LogP contribution in [-0.4, -0.2) is 26.8 Å². The minimum absolute atomic E-state index is 0.0162. The van der Waals surface area contributed by atoms with Gasteiger partial charge in [-0.15, -0.1) is 10.2 Å². The molecule has 3 aromatic rings. The first-order valence-corrected chi connectivity index (χ1v) is 9.54. The third kappa shape index (κ3) is 4.80. The fraction of sp³-hybridized carbons (Fsp3) is 0.118. The van der Waals surface area contributed by atoms with Gasteiger partial charge in [0.05, 0.1) is 21.3 Å². The summed E-state index contributed by atoms with van der Waals surface area (Å²) in [7, 11) is 0. The van der Waals surface area contributed by atoms with E-state index in [0.717, 1.165) is 11.8 Å². The third-order valence-corrected chi connectivity index (χ3v) is 4.95. The monoisotopic (exact) mass is 438 g/mol. The zero-order valence-corrected chi connectivity index (χ0v) is 16.6. The molecule has 0 atom stereocenters. The molecule has 0 spiro atoms. The van der Waals surface area contributed by atoms with Crippen molar-refractivity contribution in [2.24, 2.45) is 0 Å². The average Bonchev–Trinajstić information content (AvgIpc) is 3.10. The summed E-state index contributed by atoms with van der Waals surface area (Å²) in [6.07, 6.45) is 0. The maximum absolute atomic E-state index is 12.1. The lowest BCUT2D eigenvalue weighted by atomic mass is 10.2. The predicted octanol–water partition coefficient (Wildman–Crippen LogP) is 4.99. The number of hydrogen-bond donors (Lipinski definition) is 1. The highest BCUT2D eigenvalue weighted by Crippen LogP contribution is 2.31. The number of anilines is 1. The second-order valence-electron chi connectivity index (χ2n) is 5.59. The minimum Gasteiger partial charge on any atom is -0.411 e. The number of nitro benzene ring substituents is 1. The SMILES string of the molecule is Cc1ccc(NC(=O)CSc2nnc(-c3ccc(Cl)cc3Cl)o2)cc1[N+](=O)[O-]. The van der Waals surface area contributed by atoms with Crippen LogP contribution in [0.3, 0.4) is 0 Å². The molecular weight excluding hydrogens is 427 g/mol. The van der Waals surface area contributed by atoms with E-state index in [4.69, 9.17) is 27.6 Å². The van der Waals surface area contributed by atoms with Gasteiger partial charge in [-0.3, -0.25) is 14.9 Å². The van der Waals surface area contributed by atoms with Gasteiger partial charge in [0.15, 0.2) is 0 Å². The summed E-state index contributed by atoms with van der Waals surface area (Å²) in [6.45, 7) is 1.62. The fourth-order valence-electron chi connectivity index (χ4n) is 2.25. The van der Waals surface area contributed by atoms with Crippen molar-refractivity contribution in [3.63, 3.8) is 0 Å². The van der Waals surface area contributed by atoms with E-state index >= 15 is 0 Å². The van der Waals surface area contributed by atoms with Gasteiger partial charge in [0.25, 0.3) is 10.9 Å². The number of halogens is 2. The summed E-state index contributed by atoms with van der Waals surface area (Å²) in [5, 5.41) is 22.4. The molecule has 0 unspecified atom stereocenters. The van der Waals surface area contributed by atoms with Gasteiger partial charge >= 0.3 is 0 Å². The summed E-state index contributed by atoms with van der Waals surface area (Å²) in [5.41, 5.74) is 1.31. The topological polar surface area (TPSA) is 111 Å². The molecule has 0 aliphatic heterocycles. The van der Waals surface area contributed by atoms with Crippen LogP contribution in [0.25, 0.3) is 11.5 Å². The van der Waals surface area contributed by atoms with Crippen molar-refractivity contribution >= 4 is 52.2 Å². The standard InChI is InChI=1S/C17H12Cl2N4O4S/c1-9-2-4-11(7-14(9)23(25)26)20-15(24)8-28-17-22-21-16(27-17)12-5-3-10(18)6-13(12)19/h2-7H,8H2,1H3,(H,20,24). The Morgan fingerprint density at radius 3 is 2.75 bits per heavy atom. The second kappa shape index (κ2) is 8.59. The van der Waals surface area contributed by atoms with Gasteiger partial charge in [0.2, 0.25) is 11.8 Å². The van der Waals surface area contributed by atoms with E-state index < -0.39 is 4.92 Å². The Morgan fingerprint density at radius 1 is 1.25 bits per heavy atom. The first-order chi connectivity index (χ1) is 13.3. The van der Waals surface area contributed by atoms with Crippen LogP contribution in [0.4, 0.5) is 11.4 Å². The lowest BCUT2D eigenvalue weighted by Gasteiger charge is -2.05. The molecular formula is C17H12Cl2N4O4S. The normalized spacial score (nSPS) is 10.7. The number of carbonyl (C=O) groups is 1. The number of nitrogens with one attached hydrogen (secondary N) is 1. The van der Waals surface area contributed by atoms with Crippen LogP contribution in [0.5, 0.6) is 0 Å². The van der Waals surface area contributed by atoms with E-state index in [1.807, 2.05) is 0 Å². The molecule has 0 bridgehead atoms. The van der Waals surface area contributed by atoms with Gasteiger partial charge in [-0.2, -0.15) is 0 Å². The molecule has 144 valence electrons. The first kappa shape index (κ1) is 20.1. The molecule has 1 amide bonds. The van der Waals surface area contributed by atoms with Gasteiger partial charge in [-0.05, 0) is 31.2 Å². The van der Waals surface area contributed by atoms with E-state index in [0.29, 0.717) is 26.9 Å². The minimum atomic E-state index is -0.498. The zero-order chi connectivity index (χ0) is 20.3. The van der Waals surface area contributed by atoms with Crippen molar-refractivity contribution in [3.8, 4) is 11.5 Å². The molecule has 0 saturated heterocycles. The van der Waals surface area contributed by atoms with Crippen molar-refractivity contribution < 1.29 is 14.1 Å². The third-order valence-electron chi connectivity index (χ3n) is 3.58. The lowest BCUT2D eigenvalue weighted by Crippen LogP contribution is -2.14. The molecule has 0 radical (unpaired) electrons. The maximum atomic E-state index is 12.1. The van der Waals surface area contributed by atoms with Gasteiger partial charge in [-0.25, -0.2) is 0 Å². The van der Waals surface area contributed by atoms with Crippen LogP contribution in [0.15, 0.2) is 46.0 Å². The molecule has 11 heteroatoms. The van der Waals surface area contributed by atoms with Crippen LogP contribution < -0.4 is 5.32 Å². The Bertz CT molecular complexity index is 1060. The van der Waals surface area contributed by atoms with Crippen LogP contribution in [0.1, 0.15) is 5.56 Å². The molecule has 2 aromatic carbocycles. The summed E-state index contributed by atoms with van der Waals surface area (Å²) in [5.74, 6) is -0.177. The summed E-state index contributed by atoms with van der Waals surface area (Å²) in [6, 6.07) is 9.34. The molecule has 0 aliphatic rings. The van der Waals surface area contributed by atoms with Crippen LogP contribution in [0, 0.1) is 17.0 Å². The number of aromatic nitrogens is 2. The number of rotatable bonds is 6. The molecule has 1 aromatic heterocycles. The van der Waals surface area contributed by atoms with E-state index in [9.17, 15) is 14.9 Å². The highest BCUT2D eigenvalue weighted by atomic mass is 35.5. The van der Waals surface area contributed by atoms with Gasteiger partial charge in [0, 0.05) is 22.3 Å². The van der Waals surface area contributed by atoms with Gasteiger partial charge in [-0.1, -0.05) is 41.0 Å². The number of hydrogen-bond acceptors (Lipinski definition) is 7. The Labute approximate surface area is 173 Å². The molecule has 0 aliphatic carbocycles. The van der Waals surface area contributed by atoms with Crippen LogP contribution >= 0.6 is 35.0 Å². The number of benzene rings is 2. The number of nitrogens with zero attached hydrogens (tertiary/aromatic N) is 3. The number of thioether (sulfide) groups is 1. The van der Waals surface area contributed by atoms with E-state index in [1.54, 1.807) is 37.3 Å². The number of aryl methyl sites for hydroxylation is 1. The fourth-order valence-corrected chi connectivity index (χ4v) is 3.30. The lowest BCUT2D eigenvalue weighted by molar-refractivity contribution is -0.385. The number of amides is 1. The van der Waals surface area contributed by atoms with Gasteiger partial charge < -0.3 is 9.73 Å². The van der Waals surface area contributed by atoms with Crippen LogP contribution in [0.2, 0.25) is 10.0 Å². The Kier molecular flexibility index (Phi) is 6.18. The first-order valence-electron chi connectivity index (χ1n) is 7.80. The highest BCUT2D eigenvalue weighted by molar-refractivity contribution is 7.99. The predicted molar refractivity (Wildman–Crippen MR) is 107 cm³/mol. The summed E-state index contributed by atoms with van der Waals surface area (Å²) >= 11 is 13.0. The van der Waals surface area contributed by atoms with Crippen molar-refractivity contribution in [1.82, 2.24) is 10.2 Å². The Morgan fingerprint density at radius 2 is 2.04 bits per heavy atom. The summed E-state index contributed by atoms with van der Waals surface area (Å²) < 4.78 is 5.50. The molecule has 0 fully saturated rings. The number of carbonyl (C=O) groups excluding carboxylic acids is 1. The smallest absolute Gasteiger partial charge is 0.277 e. The molecule has 1 N–H and O–H groups in total. The van der Waals surface area contributed by atoms with E-state index in [1.165, 1.54) is 6.07 Å². The number of nitro groups is 1. The van der Waals surface area contributed by atoms with Crippen molar-refractivity contribution in [3.05, 3.63) is 62.1 Å². The largest absolute Gasteiger partial charge is 0.411 e. The van der Waals surface area contributed by atoms with E-state index in [-0.39, 0.29) is 28.5 Å². The van der Waals surface area contributed by atoms with Crippen molar-refractivity contribution in [2.75, 3.05) is 11.1 Å². The molecule has 3 rings (SSSR count). The van der Waals surface area contributed by atoms with Crippen molar-refractivity contribution in [2.45, 2.75) is 12.1 Å². The quantitative estimate of drug-likeness (QED) is 0.327.